The van der Waals surface area contributed by atoms with Crippen LogP contribution in [0.2, 0.25) is 0 Å². The predicted molar refractivity (Wildman–Crippen MR) is 134 cm³/mol. The zero-order valence-corrected chi connectivity index (χ0v) is 20.5. The van der Waals surface area contributed by atoms with Gasteiger partial charge in [-0.05, 0) is 60.4 Å². The third kappa shape index (κ3) is 6.03. The van der Waals surface area contributed by atoms with Crippen molar-refractivity contribution in [1.82, 2.24) is 10.2 Å². The number of benzene rings is 1. The molecule has 1 N–H and O–H groups in total. The summed E-state index contributed by atoms with van der Waals surface area (Å²) in [4.78, 5) is 30.8. The third-order valence-electron chi connectivity index (χ3n) is 5.92. The Morgan fingerprint density at radius 1 is 1.03 bits per heavy atom. The molecule has 1 fully saturated rings. The Kier molecular flexibility index (Phi) is 8.18. The van der Waals surface area contributed by atoms with Gasteiger partial charge < -0.3 is 15.0 Å². The Labute approximate surface area is 203 Å². The van der Waals surface area contributed by atoms with Crippen LogP contribution in [0.4, 0.5) is 0 Å². The van der Waals surface area contributed by atoms with E-state index in [-0.39, 0.29) is 17.9 Å². The lowest BCUT2D eigenvalue weighted by Gasteiger charge is -2.33. The summed E-state index contributed by atoms with van der Waals surface area (Å²) >= 11 is 2.99. The van der Waals surface area contributed by atoms with Crippen LogP contribution in [0.1, 0.15) is 65.2 Å². The summed E-state index contributed by atoms with van der Waals surface area (Å²) in [5.41, 5.74) is 0.785. The monoisotopic (exact) mass is 482 g/mol. The molecular formula is C26H30N2O3S2. The molecule has 0 bridgehead atoms. The first-order chi connectivity index (χ1) is 16.2. The minimum Gasteiger partial charge on any atom is -0.494 e. The average Bonchev–Trinajstić information content (AvgIpc) is 3.55. The van der Waals surface area contributed by atoms with E-state index in [2.05, 4.69) is 5.32 Å². The van der Waals surface area contributed by atoms with Crippen molar-refractivity contribution in [2.45, 2.75) is 57.7 Å². The molecule has 2 amide bonds. The molecule has 5 nitrogen and oxygen atoms in total. The maximum atomic E-state index is 13.7. The van der Waals surface area contributed by atoms with Crippen LogP contribution < -0.4 is 10.1 Å². The fourth-order valence-electron chi connectivity index (χ4n) is 4.31. The average molecular weight is 483 g/mol. The Bertz CT molecular complexity index is 1010. The smallest absolute Gasteiger partial charge is 0.265 e. The van der Waals surface area contributed by atoms with Crippen molar-refractivity contribution in [3.8, 4) is 5.75 Å². The van der Waals surface area contributed by atoms with Crippen LogP contribution in [0, 0.1) is 0 Å². The van der Waals surface area contributed by atoms with E-state index < -0.39 is 6.04 Å². The van der Waals surface area contributed by atoms with Crippen molar-refractivity contribution in [3.05, 3.63) is 74.6 Å². The molecule has 0 radical (unpaired) electrons. The number of ether oxygens (including phenoxy) is 1. The lowest BCUT2D eigenvalue weighted by Crippen LogP contribution is -2.46. The second kappa shape index (κ2) is 11.5. The Morgan fingerprint density at radius 3 is 2.39 bits per heavy atom. The van der Waals surface area contributed by atoms with Gasteiger partial charge in [0.1, 0.15) is 11.8 Å². The van der Waals surface area contributed by atoms with Crippen LogP contribution in [0.15, 0.2) is 59.3 Å². The van der Waals surface area contributed by atoms with Gasteiger partial charge in [0.2, 0.25) is 5.91 Å². The molecule has 2 heterocycles. The highest BCUT2D eigenvalue weighted by Crippen LogP contribution is 2.30. The summed E-state index contributed by atoms with van der Waals surface area (Å²) in [5, 5.41) is 7.15. The predicted octanol–water partition coefficient (Wildman–Crippen LogP) is 6.04. The molecule has 0 spiro atoms. The van der Waals surface area contributed by atoms with Crippen molar-refractivity contribution >= 4 is 34.5 Å². The second-order valence-electron chi connectivity index (χ2n) is 8.24. The molecule has 1 saturated carbocycles. The van der Waals surface area contributed by atoms with Crippen LogP contribution in [0.5, 0.6) is 5.75 Å². The van der Waals surface area contributed by atoms with Crippen LogP contribution in [0.25, 0.3) is 0 Å². The quantitative estimate of drug-likeness (QED) is 0.404. The first-order valence-corrected chi connectivity index (χ1v) is 13.3. The van der Waals surface area contributed by atoms with Crippen molar-refractivity contribution in [2.75, 3.05) is 6.61 Å². The minimum absolute atomic E-state index is 0.118. The molecule has 1 atom stereocenters. The van der Waals surface area contributed by atoms with Crippen LogP contribution in [-0.2, 0) is 11.3 Å². The molecule has 4 rings (SSSR count). The summed E-state index contributed by atoms with van der Waals surface area (Å²) in [6.45, 7) is 2.90. The van der Waals surface area contributed by atoms with Crippen molar-refractivity contribution < 1.29 is 14.3 Å². The van der Waals surface area contributed by atoms with Crippen molar-refractivity contribution in [2.24, 2.45) is 0 Å². The van der Waals surface area contributed by atoms with Gasteiger partial charge in [-0.2, -0.15) is 0 Å². The largest absolute Gasteiger partial charge is 0.494 e. The molecule has 3 aromatic rings. The number of hydrogen-bond donors (Lipinski definition) is 1. The summed E-state index contributed by atoms with van der Waals surface area (Å²) in [6, 6.07) is 14.7. The molecule has 1 aromatic carbocycles. The van der Waals surface area contributed by atoms with Gasteiger partial charge in [-0.1, -0.05) is 43.5 Å². The van der Waals surface area contributed by atoms with Gasteiger partial charge in [-0.25, -0.2) is 0 Å². The lowest BCUT2D eigenvalue weighted by atomic mass is 9.94. The highest BCUT2D eigenvalue weighted by Gasteiger charge is 2.34. The second-order valence-corrected chi connectivity index (χ2v) is 10.2. The number of nitrogens with zero attached hydrogens (tertiary/aromatic N) is 1. The van der Waals surface area contributed by atoms with Gasteiger partial charge in [0.25, 0.3) is 5.91 Å². The van der Waals surface area contributed by atoms with E-state index in [1.54, 1.807) is 16.2 Å². The van der Waals surface area contributed by atoms with Gasteiger partial charge in [0, 0.05) is 10.9 Å². The van der Waals surface area contributed by atoms with Crippen LogP contribution in [0.3, 0.4) is 0 Å². The molecule has 2 aromatic heterocycles. The minimum atomic E-state index is -0.723. The first kappa shape index (κ1) is 23.5. The van der Waals surface area contributed by atoms with E-state index in [0.29, 0.717) is 18.0 Å². The molecule has 0 unspecified atom stereocenters. The number of rotatable bonds is 9. The molecular weight excluding hydrogens is 452 g/mol. The normalized spacial score (nSPS) is 15.1. The van der Waals surface area contributed by atoms with Gasteiger partial charge in [-0.3, -0.25) is 9.59 Å². The summed E-state index contributed by atoms with van der Waals surface area (Å²) in [6.07, 6.45) is 5.46. The molecule has 174 valence electrons. The molecule has 0 saturated heterocycles. The number of carbonyl (C=O) groups is 2. The highest BCUT2D eigenvalue weighted by atomic mass is 32.1. The third-order valence-corrected chi connectivity index (χ3v) is 7.64. The summed E-state index contributed by atoms with van der Waals surface area (Å²) in [7, 11) is 0. The number of carbonyl (C=O) groups excluding carboxylic acids is 2. The Balaban J connectivity index is 1.69. The maximum Gasteiger partial charge on any atom is 0.265 e. The fraction of sp³-hybridized carbons (Fsp3) is 0.385. The SMILES string of the molecule is CCOc1ccc([C@H](C(=O)NC2CCCCC2)N(Cc2cccs2)C(=O)c2cccs2)cc1. The van der Waals surface area contributed by atoms with Crippen LogP contribution in [-0.4, -0.2) is 29.4 Å². The maximum absolute atomic E-state index is 13.7. The lowest BCUT2D eigenvalue weighted by molar-refractivity contribution is -0.127. The fourth-order valence-corrected chi connectivity index (χ4v) is 5.69. The molecule has 0 aliphatic heterocycles. The summed E-state index contributed by atoms with van der Waals surface area (Å²) in [5.74, 6) is 0.505. The van der Waals surface area contributed by atoms with Gasteiger partial charge >= 0.3 is 0 Å². The number of amides is 2. The van der Waals surface area contributed by atoms with Gasteiger partial charge in [0.05, 0.1) is 18.0 Å². The van der Waals surface area contributed by atoms with Crippen molar-refractivity contribution in [1.29, 1.82) is 0 Å². The van der Waals surface area contributed by atoms with Gasteiger partial charge in [0.15, 0.2) is 0 Å². The first-order valence-electron chi connectivity index (χ1n) is 11.6. The topological polar surface area (TPSA) is 58.6 Å². The number of thiophene rings is 2. The molecule has 1 aliphatic rings. The van der Waals surface area contributed by atoms with E-state index in [9.17, 15) is 9.59 Å². The summed E-state index contributed by atoms with van der Waals surface area (Å²) < 4.78 is 5.60. The zero-order chi connectivity index (χ0) is 23.0. The number of hydrogen-bond acceptors (Lipinski definition) is 5. The highest BCUT2D eigenvalue weighted by molar-refractivity contribution is 7.12. The molecule has 7 heteroatoms. The number of nitrogens with one attached hydrogen (secondary N) is 1. The standard InChI is InChI=1S/C26H30N2O3S2/c1-2-31-21-14-12-19(13-15-21)24(25(29)27-20-8-4-3-5-9-20)28(18-22-10-6-16-32-22)26(30)23-11-7-17-33-23/h6-7,10-17,20,24H,2-5,8-9,18H2,1H3,(H,27,29)/t24-/m1/s1. The van der Waals surface area contributed by atoms with E-state index in [0.717, 1.165) is 41.9 Å². The Morgan fingerprint density at radius 2 is 1.76 bits per heavy atom. The van der Waals surface area contributed by atoms with E-state index in [4.69, 9.17) is 4.74 Å². The zero-order valence-electron chi connectivity index (χ0n) is 18.9. The van der Waals surface area contributed by atoms with E-state index in [1.165, 1.54) is 17.8 Å². The molecule has 1 aliphatic carbocycles. The van der Waals surface area contributed by atoms with Crippen molar-refractivity contribution in [3.63, 3.8) is 0 Å². The molecule has 33 heavy (non-hydrogen) atoms. The Hall–Kier alpha value is -2.64. The van der Waals surface area contributed by atoms with E-state index >= 15 is 0 Å². The van der Waals surface area contributed by atoms with E-state index in [1.807, 2.05) is 66.2 Å². The van der Waals surface area contributed by atoms with Crippen LogP contribution >= 0.6 is 22.7 Å². The van der Waals surface area contributed by atoms with Gasteiger partial charge in [-0.15, -0.1) is 22.7 Å².